The molecule has 0 aliphatic carbocycles. The van der Waals surface area contributed by atoms with Gasteiger partial charge in [0.15, 0.2) is 0 Å². The van der Waals surface area contributed by atoms with Crippen molar-refractivity contribution in [3.63, 3.8) is 0 Å². The van der Waals surface area contributed by atoms with E-state index in [1.165, 1.54) is 4.90 Å². The standard InChI is InChI=1S/C21H26ClF2N5O6S/c1-29(2)16(32)8-12(31)7-11(30)3-4-26-21(34)27-20-17(18(25)33)19(28-36-20)35-9-13-14(23)5-10(22)6-15(13)24/h5-6,11-12,30-31H,3-4,7-9H2,1-2H3,(H2,25,33)(H2,26,27,34). The number of urea groups is 1. The first-order valence-electron chi connectivity index (χ1n) is 10.6. The Morgan fingerprint density at radius 2 is 1.86 bits per heavy atom. The number of carbonyl (C=O) groups excluding carboxylic acids is 3. The van der Waals surface area contributed by atoms with Crippen LogP contribution in [-0.4, -0.2) is 70.2 Å². The van der Waals surface area contributed by atoms with Gasteiger partial charge in [-0.2, -0.15) is 4.37 Å². The first-order valence-corrected chi connectivity index (χ1v) is 11.7. The van der Waals surface area contributed by atoms with Gasteiger partial charge in [0.05, 0.1) is 24.2 Å². The highest BCUT2D eigenvalue weighted by Crippen LogP contribution is 2.31. The molecule has 6 N–H and O–H groups in total. The van der Waals surface area contributed by atoms with E-state index in [9.17, 15) is 33.4 Å². The molecule has 36 heavy (non-hydrogen) atoms. The molecular formula is C21H26ClF2N5O6S. The van der Waals surface area contributed by atoms with E-state index in [1.54, 1.807) is 14.1 Å². The van der Waals surface area contributed by atoms with Gasteiger partial charge < -0.3 is 30.9 Å². The Bertz CT molecular complexity index is 1080. The van der Waals surface area contributed by atoms with Crippen LogP contribution in [0.15, 0.2) is 12.1 Å². The van der Waals surface area contributed by atoms with Crippen LogP contribution in [0, 0.1) is 11.6 Å². The van der Waals surface area contributed by atoms with E-state index in [0.29, 0.717) is 11.5 Å². The van der Waals surface area contributed by atoms with E-state index in [2.05, 4.69) is 15.0 Å². The largest absolute Gasteiger partial charge is 0.471 e. The minimum Gasteiger partial charge on any atom is -0.471 e. The lowest BCUT2D eigenvalue weighted by Gasteiger charge is -2.17. The van der Waals surface area contributed by atoms with Crippen molar-refractivity contribution in [1.29, 1.82) is 0 Å². The Kier molecular flexibility index (Phi) is 10.8. The van der Waals surface area contributed by atoms with E-state index in [-0.39, 0.29) is 53.2 Å². The SMILES string of the molecule is CN(C)C(=O)CC(O)CC(O)CCNC(=O)Nc1snc(OCc2c(F)cc(Cl)cc2F)c1C(N)=O. The Balaban J connectivity index is 1.90. The van der Waals surface area contributed by atoms with Gasteiger partial charge in [0.1, 0.15) is 28.8 Å². The lowest BCUT2D eigenvalue weighted by Crippen LogP contribution is -2.33. The van der Waals surface area contributed by atoms with Crippen LogP contribution in [-0.2, 0) is 11.4 Å². The van der Waals surface area contributed by atoms with Crippen LogP contribution in [0.4, 0.5) is 18.6 Å². The first-order chi connectivity index (χ1) is 16.9. The van der Waals surface area contributed by atoms with Gasteiger partial charge in [0, 0.05) is 25.7 Å². The number of aliphatic hydroxyl groups is 2. The van der Waals surface area contributed by atoms with Crippen molar-refractivity contribution in [3.05, 3.63) is 39.9 Å². The van der Waals surface area contributed by atoms with Crippen molar-refractivity contribution in [2.75, 3.05) is 26.0 Å². The summed E-state index contributed by atoms with van der Waals surface area (Å²) in [5, 5.41) is 24.5. The van der Waals surface area contributed by atoms with Crippen LogP contribution in [0.2, 0.25) is 5.02 Å². The number of primary amides is 1. The van der Waals surface area contributed by atoms with Crippen LogP contribution in [0.3, 0.4) is 0 Å². The zero-order chi connectivity index (χ0) is 27.0. The number of ether oxygens (including phenoxy) is 1. The summed E-state index contributed by atoms with van der Waals surface area (Å²) >= 11 is 6.24. The number of rotatable bonds is 12. The topological polar surface area (TPSA) is 167 Å². The molecule has 2 aromatic rings. The van der Waals surface area contributed by atoms with E-state index < -0.39 is 48.0 Å². The summed E-state index contributed by atoms with van der Waals surface area (Å²) in [6, 6.07) is 1.05. The molecule has 2 atom stereocenters. The van der Waals surface area contributed by atoms with Crippen molar-refractivity contribution in [1.82, 2.24) is 14.6 Å². The second-order valence-corrected chi connectivity index (χ2v) is 9.11. The highest BCUT2D eigenvalue weighted by molar-refractivity contribution is 7.11. The van der Waals surface area contributed by atoms with Gasteiger partial charge >= 0.3 is 6.03 Å². The molecule has 0 spiro atoms. The molecule has 0 saturated heterocycles. The Hall–Kier alpha value is -3.07. The number of halogens is 3. The molecular weight excluding hydrogens is 524 g/mol. The molecule has 198 valence electrons. The summed E-state index contributed by atoms with van der Waals surface area (Å²) in [5.41, 5.74) is 4.62. The molecule has 0 saturated carbocycles. The number of aliphatic hydroxyl groups excluding tert-OH is 2. The summed E-state index contributed by atoms with van der Waals surface area (Å²) in [7, 11) is 3.10. The number of aromatic nitrogens is 1. The molecule has 1 heterocycles. The summed E-state index contributed by atoms with van der Waals surface area (Å²) in [6.45, 7) is -0.612. The molecule has 0 aliphatic rings. The average molecular weight is 550 g/mol. The fraction of sp³-hybridized carbons (Fsp3) is 0.429. The molecule has 0 fully saturated rings. The van der Waals surface area contributed by atoms with Gasteiger partial charge in [-0.15, -0.1) is 0 Å². The normalized spacial score (nSPS) is 12.5. The molecule has 4 amide bonds. The Morgan fingerprint density at radius 1 is 1.22 bits per heavy atom. The van der Waals surface area contributed by atoms with E-state index in [4.69, 9.17) is 22.1 Å². The van der Waals surface area contributed by atoms with Crippen molar-refractivity contribution >= 4 is 46.0 Å². The molecule has 2 rings (SSSR count). The zero-order valence-electron chi connectivity index (χ0n) is 19.4. The molecule has 11 nitrogen and oxygen atoms in total. The zero-order valence-corrected chi connectivity index (χ0v) is 21.0. The second-order valence-electron chi connectivity index (χ2n) is 7.90. The van der Waals surface area contributed by atoms with Gasteiger partial charge in [-0.05, 0) is 36.5 Å². The predicted molar refractivity (Wildman–Crippen MR) is 128 cm³/mol. The molecule has 2 unspecified atom stereocenters. The maximum atomic E-state index is 14.0. The maximum absolute atomic E-state index is 14.0. The molecule has 1 aromatic carbocycles. The summed E-state index contributed by atoms with van der Waals surface area (Å²) in [5.74, 6) is -3.51. The molecule has 0 aliphatic heterocycles. The van der Waals surface area contributed by atoms with E-state index in [1.807, 2.05) is 0 Å². The van der Waals surface area contributed by atoms with Crippen LogP contribution in [0.5, 0.6) is 5.88 Å². The van der Waals surface area contributed by atoms with E-state index >= 15 is 0 Å². The second kappa shape index (κ2) is 13.3. The summed E-state index contributed by atoms with van der Waals surface area (Å²) in [4.78, 5) is 37.0. The fourth-order valence-electron chi connectivity index (χ4n) is 2.93. The van der Waals surface area contributed by atoms with Gasteiger partial charge in [-0.25, -0.2) is 13.6 Å². The number of hydrogen-bond donors (Lipinski definition) is 5. The minimum absolute atomic E-state index is 0.00450. The van der Waals surface area contributed by atoms with Crippen molar-refractivity contribution in [2.24, 2.45) is 5.73 Å². The van der Waals surface area contributed by atoms with Gasteiger partial charge in [0.2, 0.25) is 11.8 Å². The predicted octanol–water partition coefficient (Wildman–Crippen LogP) is 1.85. The lowest BCUT2D eigenvalue weighted by molar-refractivity contribution is -0.131. The molecule has 0 radical (unpaired) electrons. The van der Waals surface area contributed by atoms with E-state index in [0.717, 1.165) is 12.1 Å². The number of anilines is 1. The number of nitrogens with zero attached hydrogens (tertiary/aromatic N) is 2. The highest BCUT2D eigenvalue weighted by atomic mass is 35.5. The van der Waals surface area contributed by atoms with Crippen LogP contribution < -0.4 is 21.1 Å². The number of amides is 4. The van der Waals surface area contributed by atoms with Gasteiger partial charge in [-0.1, -0.05) is 11.6 Å². The molecule has 0 bridgehead atoms. The summed E-state index contributed by atoms with van der Waals surface area (Å²) < 4.78 is 37.0. The minimum atomic E-state index is -1.03. The maximum Gasteiger partial charge on any atom is 0.319 e. The smallest absolute Gasteiger partial charge is 0.319 e. The Labute approximate surface area is 214 Å². The van der Waals surface area contributed by atoms with Crippen LogP contribution >= 0.6 is 23.1 Å². The van der Waals surface area contributed by atoms with Crippen molar-refractivity contribution in [3.8, 4) is 5.88 Å². The van der Waals surface area contributed by atoms with Gasteiger partial charge in [0.25, 0.3) is 5.91 Å². The third kappa shape index (κ3) is 8.55. The number of benzene rings is 1. The number of hydrogen-bond acceptors (Lipinski definition) is 8. The number of nitrogens with two attached hydrogens (primary N) is 1. The monoisotopic (exact) mass is 549 g/mol. The van der Waals surface area contributed by atoms with Crippen molar-refractivity contribution in [2.45, 2.75) is 38.1 Å². The molecule has 1 aromatic heterocycles. The Morgan fingerprint density at radius 3 is 2.44 bits per heavy atom. The van der Waals surface area contributed by atoms with Crippen LogP contribution in [0.25, 0.3) is 0 Å². The van der Waals surface area contributed by atoms with Crippen LogP contribution in [0.1, 0.15) is 35.2 Å². The average Bonchev–Trinajstić information content (AvgIpc) is 3.15. The first kappa shape index (κ1) is 29.2. The lowest BCUT2D eigenvalue weighted by atomic mass is 10.1. The quantitative estimate of drug-likeness (QED) is 0.269. The fourth-order valence-corrected chi connectivity index (χ4v) is 3.85. The third-order valence-corrected chi connectivity index (χ3v) is 5.77. The summed E-state index contributed by atoms with van der Waals surface area (Å²) in [6.07, 6.45) is -2.13. The van der Waals surface area contributed by atoms with Gasteiger partial charge in [-0.3, -0.25) is 14.9 Å². The number of nitrogens with one attached hydrogen (secondary N) is 2. The third-order valence-electron chi connectivity index (χ3n) is 4.81. The van der Waals surface area contributed by atoms with Crippen molar-refractivity contribution < 1.29 is 38.1 Å². The number of carbonyl (C=O) groups is 3. The highest BCUT2D eigenvalue weighted by Gasteiger charge is 2.23. The molecule has 15 heteroatoms.